The van der Waals surface area contributed by atoms with Gasteiger partial charge in [-0.2, -0.15) is 0 Å². The molecule has 0 aromatic rings. The number of hydrogen-bond donors (Lipinski definition) is 1. The summed E-state index contributed by atoms with van der Waals surface area (Å²) in [5, 5.41) is 0. The van der Waals surface area contributed by atoms with Gasteiger partial charge in [0.1, 0.15) is 0 Å². The SMILES string of the molecule is CC(C)[C@@H](N)CN1CCCOCC1C. The van der Waals surface area contributed by atoms with E-state index in [1.807, 2.05) is 0 Å². The van der Waals surface area contributed by atoms with Crippen molar-refractivity contribution in [1.29, 1.82) is 0 Å². The Balaban J connectivity index is 2.40. The summed E-state index contributed by atoms with van der Waals surface area (Å²) in [5.41, 5.74) is 6.08. The molecule has 0 aromatic heterocycles. The van der Waals surface area contributed by atoms with Crippen LogP contribution in [-0.2, 0) is 4.74 Å². The maximum Gasteiger partial charge on any atom is 0.0619 e. The normalized spacial score (nSPS) is 27.6. The third-order valence-corrected chi connectivity index (χ3v) is 3.02. The van der Waals surface area contributed by atoms with Gasteiger partial charge < -0.3 is 10.5 Å². The van der Waals surface area contributed by atoms with E-state index in [2.05, 4.69) is 25.7 Å². The van der Waals surface area contributed by atoms with E-state index < -0.39 is 0 Å². The molecule has 1 aliphatic heterocycles. The van der Waals surface area contributed by atoms with Gasteiger partial charge in [0, 0.05) is 31.8 Å². The van der Waals surface area contributed by atoms with Crippen LogP contribution < -0.4 is 5.73 Å². The summed E-state index contributed by atoms with van der Waals surface area (Å²) in [4.78, 5) is 2.46. The first-order valence-electron chi connectivity index (χ1n) is 5.68. The molecule has 0 aromatic carbocycles. The van der Waals surface area contributed by atoms with Gasteiger partial charge in [0.2, 0.25) is 0 Å². The van der Waals surface area contributed by atoms with Gasteiger partial charge in [0.15, 0.2) is 0 Å². The van der Waals surface area contributed by atoms with Crippen LogP contribution in [0.2, 0.25) is 0 Å². The van der Waals surface area contributed by atoms with E-state index >= 15 is 0 Å². The van der Waals surface area contributed by atoms with Crippen molar-refractivity contribution < 1.29 is 4.74 Å². The molecule has 1 aliphatic rings. The molecule has 1 rings (SSSR count). The van der Waals surface area contributed by atoms with E-state index in [4.69, 9.17) is 10.5 Å². The molecular weight excluding hydrogens is 176 g/mol. The Morgan fingerprint density at radius 2 is 2.21 bits per heavy atom. The Morgan fingerprint density at radius 3 is 2.86 bits per heavy atom. The molecule has 2 N–H and O–H groups in total. The second-order valence-electron chi connectivity index (χ2n) is 4.68. The zero-order chi connectivity index (χ0) is 10.6. The van der Waals surface area contributed by atoms with E-state index in [1.165, 1.54) is 0 Å². The van der Waals surface area contributed by atoms with Crippen LogP contribution in [0.3, 0.4) is 0 Å². The van der Waals surface area contributed by atoms with Crippen molar-refractivity contribution in [3.05, 3.63) is 0 Å². The lowest BCUT2D eigenvalue weighted by molar-refractivity contribution is 0.103. The van der Waals surface area contributed by atoms with Gasteiger partial charge in [-0.15, -0.1) is 0 Å². The summed E-state index contributed by atoms with van der Waals surface area (Å²) in [6.07, 6.45) is 1.13. The third kappa shape index (κ3) is 3.56. The number of nitrogens with two attached hydrogens (primary N) is 1. The maximum absolute atomic E-state index is 6.08. The summed E-state index contributed by atoms with van der Waals surface area (Å²) in [5.74, 6) is 0.561. The highest BCUT2D eigenvalue weighted by molar-refractivity contribution is 4.76. The summed E-state index contributed by atoms with van der Waals surface area (Å²) in [6, 6.07) is 0.804. The predicted molar refractivity (Wildman–Crippen MR) is 59.3 cm³/mol. The van der Waals surface area contributed by atoms with Crippen LogP contribution in [-0.4, -0.2) is 43.3 Å². The molecule has 3 nitrogen and oxygen atoms in total. The molecule has 0 spiro atoms. The molecule has 1 heterocycles. The Morgan fingerprint density at radius 1 is 1.50 bits per heavy atom. The summed E-state index contributed by atoms with van der Waals surface area (Å²) in [6.45, 7) is 10.5. The van der Waals surface area contributed by atoms with Crippen LogP contribution in [0.5, 0.6) is 0 Å². The molecule has 3 heteroatoms. The monoisotopic (exact) mass is 200 g/mol. The molecule has 1 fully saturated rings. The second kappa shape index (κ2) is 5.69. The molecule has 2 atom stereocenters. The van der Waals surface area contributed by atoms with Crippen molar-refractivity contribution in [3.63, 3.8) is 0 Å². The van der Waals surface area contributed by atoms with Gasteiger partial charge in [-0.05, 0) is 19.3 Å². The van der Waals surface area contributed by atoms with E-state index in [0.717, 1.165) is 32.7 Å². The van der Waals surface area contributed by atoms with Gasteiger partial charge >= 0.3 is 0 Å². The predicted octanol–water partition coefficient (Wildman–Crippen LogP) is 1.08. The van der Waals surface area contributed by atoms with Crippen molar-refractivity contribution in [1.82, 2.24) is 4.90 Å². The van der Waals surface area contributed by atoms with Gasteiger partial charge in [-0.3, -0.25) is 4.90 Å². The molecular formula is C11H24N2O. The average molecular weight is 200 g/mol. The van der Waals surface area contributed by atoms with Crippen LogP contribution >= 0.6 is 0 Å². The van der Waals surface area contributed by atoms with E-state index in [9.17, 15) is 0 Å². The average Bonchev–Trinajstić information content (AvgIpc) is 2.32. The number of nitrogens with zero attached hydrogens (tertiary/aromatic N) is 1. The number of ether oxygens (including phenoxy) is 1. The van der Waals surface area contributed by atoms with Gasteiger partial charge in [0.05, 0.1) is 6.61 Å². The fourth-order valence-corrected chi connectivity index (χ4v) is 1.70. The first-order chi connectivity index (χ1) is 6.61. The lowest BCUT2D eigenvalue weighted by atomic mass is 10.0. The first kappa shape index (κ1) is 12.0. The van der Waals surface area contributed by atoms with Crippen molar-refractivity contribution in [2.45, 2.75) is 39.3 Å². The number of hydrogen-bond acceptors (Lipinski definition) is 3. The molecule has 0 radical (unpaired) electrons. The highest BCUT2D eigenvalue weighted by Gasteiger charge is 2.20. The molecule has 14 heavy (non-hydrogen) atoms. The Kier molecular flexibility index (Phi) is 4.85. The van der Waals surface area contributed by atoms with Crippen molar-refractivity contribution >= 4 is 0 Å². The van der Waals surface area contributed by atoms with Crippen LogP contribution in [0, 0.1) is 5.92 Å². The second-order valence-corrected chi connectivity index (χ2v) is 4.68. The minimum atomic E-state index is 0.288. The zero-order valence-electron chi connectivity index (χ0n) is 9.70. The fraction of sp³-hybridized carbons (Fsp3) is 1.00. The Hall–Kier alpha value is -0.120. The van der Waals surface area contributed by atoms with Crippen molar-refractivity contribution in [2.75, 3.05) is 26.3 Å². The largest absolute Gasteiger partial charge is 0.380 e. The molecule has 0 amide bonds. The first-order valence-corrected chi connectivity index (χ1v) is 5.68. The van der Waals surface area contributed by atoms with Crippen LogP contribution in [0.4, 0.5) is 0 Å². The summed E-state index contributed by atoms with van der Waals surface area (Å²) < 4.78 is 5.50. The fourth-order valence-electron chi connectivity index (χ4n) is 1.70. The molecule has 0 bridgehead atoms. The van der Waals surface area contributed by atoms with Crippen LogP contribution in [0.25, 0.3) is 0 Å². The Labute approximate surface area is 87.6 Å². The maximum atomic E-state index is 6.08. The molecule has 84 valence electrons. The smallest absolute Gasteiger partial charge is 0.0619 e. The standard InChI is InChI=1S/C11H24N2O/c1-9(2)11(12)7-13-5-4-6-14-8-10(13)3/h9-11H,4-8,12H2,1-3H3/t10?,11-/m0/s1. The quantitative estimate of drug-likeness (QED) is 0.741. The van der Waals surface area contributed by atoms with Crippen molar-refractivity contribution in [2.24, 2.45) is 11.7 Å². The molecule has 1 unspecified atom stereocenters. The van der Waals surface area contributed by atoms with E-state index in [-0.39, 0.29) is 6.04 Å². The third-order valence-electron chi connectivity index (χ3n) is 3.02. The number of rotatable bonds is 3. The van der Waals surface area contributed by atoms with Crippen LogP contribution in [0.1, 0.15) is 27.2 Å². The molecule has 0 aliphatic carbocycles. The molecule has 1 saturated heterocycles. The van der Waals surface area contributed by atoms with Crippen LogP contribution in [0.15, 0.2) is 0 Å². The van der Waals surface area contributed by atoms with Gasteiger partial charge in [0.25, 0.3) is 0 Å². The lowest BCUT2D eigenvalue weighted by Gasteiger charge is -2.30. The highest BCUT2D eigenvalue weighted by Crippen LogP contribution is 2.09. The summed E-state index contributed by atoms with van der Waals surface area (Å²) in [7, 11) is 0. The molecule has 0 saturated carbocycles. The summed E-state index contributed by atoms with van der Waals surface area (Å²) >= 11 is 0. The minimum absolute atomic E-state index is 0.288. The van der Waals surface area contributed by atoms with Gasteiger partial charge in [-0.1, -0.05) is 13.8 Å². The van der Waals surface area contributed by atoms with E-state index in [0.29, 0.717) is 12.0 Å². The van der Waals surface area contributed by atoms with Gasteiger partial charge in [-0.25, -0.2) is 0 Å². The zero-order valence-corrected chi connectivity index (χ0v) is 9.70. The highest BCUT2D eigenvalue weighted by atomic mass is 16.5. The Bertz CT molecular complexity index is 161. The lowest BCUT2D eigenvalue weighted by Crippen LogP contribution is -2.45. The minimum Gasteiger partial charge on any atom is -0.380 e. The topological polar surface area (TPSA) is 38.5 Å². The van der Waals surface area contributed by atoms with Crippen molar-refractivity contribution in [3.8, 4) is 0 Å². The van der Waals surface area contributed by atoms with E-state index in [1.54, 1.807) is 0 Å².